The molecule has 0 rings (SSSR count). The molecule has 0 aliphatic heterocycles. The second-order valence-corrected chi connectivity index (χ2v) is 1.59. The van der Waals surface area contributed by atoms with E-state index in [0.717, 1.165) is 0 Å². The van der Waals surface area contributed by atoms with Gasteiger partial charge in [0.05, 0.1) is 12.9 Å². The predicted molar refractivity (Wildman–Crippen MR) is 35.6 cm³/mol. The van der Waals surface area contributed by atoms with Crippen molar-refractivity contribution in [1.82, 2.24) is 0 Å². The van der Waals surface area contributed by atoms with Gasteiger partial charge >= 0.3 is 0 Å². The second kappa shape index (κ2) is 4.74. The molecule has 0 aliphatic rings. The van der Waals surface area contributed by atoms with Crippen LogP contribution in [0.4, 0.5) is 0 Å². The Hall–Kier alpha value is -0.410. The molecule has 0 spiro atoms. The van der Waals surface area contributed by atoms with Crippen LogP contribution in [0.2, 0.25) is 0 Å². The van der Waals surface area contributed by atoms with E-state index >= 15 is 0 Å². The minimum atomic E-state index is 0.0344. The summed E-state index contributed by atoms with van der Waals surface area (Å²) in [4.78, 5) is 0. The summed E-state index contributed by atoms with van der Waals surface area (Å²) in [6.45, 7) is 3.33. The molecule has 0 saturated carbocycles. The molecule has 2 nitrogen and oxygen atoms in total. The van der Waals surface area contributed by atoms with E-state index in [1.165, 1.54) is 6.26 Å². The molecular formula is C5H8O2S. The number of hydrogen-bond donors (Lipinski definition) is 1. The fourth-order valence-electron chi connectivity index (χ4n) is 0.243. The minimum Gasteiger partial charge on any atom is -0.458 e. The van der Waals surface area contributed by atoms with E-state index < -0.39 is 0 Å². The zero-order chi connectivity index (χ0) is 6.41. The first-order valence-corrected chi connectivity index (χ1v) is 2.63. The average molecular weight is 132 g/mol. The third kappa shape index (κ3) is 3.77. The molecular weight excluding hydrogens is 124 g/mol. The van der Waals surface area contributed by atoms with Gasteiger partial charge in [0.25, 0.3) is 0 Å². The van der Waals surface area contributed by atoms with Crippen molar-refractivity contribution in [3.05, 3.63) is 12.8 Å². The summed E-state index contributed by atoms with van der Waals surface area (Å²) in [5, 5.41) is 8.64. The van der Waals surface area contributed by atoms with Gasteiger partial charge in [0, 0.05) is 6.42 Å². The SMILES string of the molecule is C=COC(=S)CCO. The normalized spacial score (nSPS) is 8.12. The number of aliphatic hydroxyl groups excluding tert-OH is 1. The van der Waals surface area contributed by atoms with Crippen molar-refractivity contribution in [3.63, 3.8) is 0 Å². The summed E-state index contributed by atoms with van der Waals surface area (Å²) in [6, 6.07) is 0. The van der Waals surface area contributed by atoms with Gasteiger partial charge in [-0.05, 0) is 12.2 Å². The number of hydrogen-bond acceptors (Lipinski definition) is 3. The number of aliphatic hydroxyl groups is 1. The Morgan fingerprint density at radius 3 is 2.88 bits per heavy atom. The average Bonchev–Trinajstić information content (AvgIpc) is 1.68. The molecule has 0 aromatic rings. The summed E-state index contributed by atoms with van der Waals surface area (Å²) in [5.74, 6) is 0. The molecule has 0 atom stereocenters. The molecule has 0 fully saturated rings. The Morgan fingerprint density at radius 1 is 1.88 bits per heavy atom. The van der Waals surface area contributed by atoms with E-state index in [4.69, 9.17) is 5.11 Å². The lowest BCUT2D eigenvalue weighted by Crippen LogP contribution is -1.98. The zero-order valence-electron chi connectivity index (χ0n) is 4.46. The molecule has 0 heterocycles. The first kappa shape index (κ1) is 7.59. The van der Waals surface area contributed by atoms with Gasteiger partial charge in [-0.1, -0.05) is 6.58 Å². The molecule has 0 amide bonds. The van der Waals surface area contributed by atoms with E-state index in [-0.39, 0.29) is 6.61 Å². The molecule has 0 radical (unpaired) electrons. The molecule has 0 bridgehead atoms. The number of ether oxygens (including phenoxy) is 1. The van der Waals surface area contributed by atoms with Gasteiger partial charge in [-0.15, -0.1) is 0 Å². The monoisotopic (exact) mass is 132 g/mol. The Labute approximate surface area is 53.8 Å². The Bertz CT molecular complexity index is 90.4. The van der Waals surface area contributed by atoms with Crippen molar-refractivity contribution in [3.8, 4) is 0 Å². The van der Waals surface area contributed by atoms with Crippen LogP contribution >= 0.6 is 12.2 Å². The summed E-state index contributed by atoms with van der Waals surface area (Å²) < 4.78 is 4.62. The van der Waals surface area contributed by atoms with Crippen LogP contribution in [0.15, 0.2) is 12.8 Å². The maximum absolute atomic E-state index is 8.26. The van der Waals surface area contributed by atoms with Crippen molar-refractivity contribution < 1.29 is 9.84 Å². The minimum absolute atomic E-state index is 0.0344. The van der Waals surface area contributed by atoms with Crippen LogP contribution in [-0.2, 0) is 4.74 Å². The summed E-state index contributed by atoms with van der Waals surface area (Å²) in [6.07, 6.45) is 1.65. The maximum Gasteiger partial charge on any atom is 0.168 e. The van der Waals surface area contributed by atoms with Crippen LogP contribution < -0.4 is 0 Å². The third-order valence-electron chi connectivity index (χ3n) is 0.531. The highest BCUT2D eigenvalue weighted by atomic mass is 32.1. The molecule has 8 heavy (non-hydrogen) atoms. The number of rotatable bonds is 3. The van der Waals surface area contributed by atoms with Crippen LogP contribution in [0.3, 0.4) is 0 Å². The van der Waals surface area contributed by atoms with Gasteiger partial charge in [-0.3, -0.25) is 0 Å². The van der Waals surface area contributed by atoms with Gasteiger partial charge in [-0.25, -0.2) is 0 Å². The quantitative estimate of drug-likeness (QED) is 0.456. The predicted octanol–water partition coefficient (Wildman–Crippen LogP) is 0.856. The van der Waals surface area contributed by atoms with Crippen molar-refractivity contribution >= 4 is 17.3 Å². The highest BCUT2D eigenvalue weighted by molar-refractivity contribution is 7.80. The van der Waals surface area contributed by atoms with E-state index in [1.54, 1.807) is 0 Å². The Kier molecular flexibility index (Phi) is 4.50. The van der Waals surface area contributed by atoms with Gasteiger partial charge in [0.15, 0.2) is 5.05 Å². The van der Waals surface area contributed by atoms with Crippen LogP contribution in [0.25, 0.3) is 0 Å². The van der Waals surface area contributed by atoms with Crippen molar-refractivity contribution in [2.75, 3.05) is 6.61 Å². The lowest BCUT2D eigenvalue weighted by Gasteiger charge is -1.95. The van der Waals surface area contributed by atoms with Gasteiger partial charge in [0.1, 0.15) is 0 Å². The van der Waals surface area contributed by atoms with Crippen LogP contribution in [0.1, 0.15) is 6.42 Å². The van der Waals surface area contributed by atoms with Crippen LogP contribution in [0, 0.1) is 0 Å². The van der Waals surface area contributed by atoms with E-state index in [2.05, 4.69) is 23.5 Å². The van der Waals surface area contributed by atoms with Crippen LogP contribution in [0.5, 0.6) is 0 Å². The van der Waals surface area contributed by atoms with Crippen molar-refractivity contribution in [2.24, 2.45) is 0 Å². The lowest BCUT2D eigenvalue weighted by molar-refractivity contribution is 0.298. The highest BCUT2D eigenvalue weighted by Crippen LogP contribution is 1.87. The van der Waals surface area contributed by atoms with Gasteiger partial charge in [-0.2, -0.15) is 0 Å². The van der Waals surface area contributed by atoms with E-state index in [0.29, 0.717) is 11.5 Å². The molecule has 46 valence electrons. The van der Waals surface area contributed by atoms with Gasteiger partial charge < -0.3 is 9.84 Å². The molecule has 0 aromatic heterocycles. The van der Waals surface area contributed by atoms with Crippen molar-refractivity contribution in [1.29, 1.82) is 0 Å². The smallest absolute Gasteiger partial charge is 0.168 e. The topological polar surface area (TPSA) is 29.5 Å². The Morgan fingerprint density at radius 2 is 2.50 bits per heavy atom. The van der Waals surface area contributed by atoms with E-state index in [9.17, 15) is 0 Å². The molecule has 1 N–H and O–H groups in total. The first-order valence-electron chi connectivity index (χ1n) is 2.22. The van der Waals surface area contributed by atoms with Crippen LogP contribution in [-0.4, -0.2) is 16.8 Å². The Balaban J connectivity index is 3.18. The largest absolute Gasteiger partial charge is 0.458 e. The molecule has 0 aliphatic carbocycles. The van der Waals surface area contributed by atoms with E-state index in [1.807, 2.05) is 0 Å². The second-order valence-electron chi connectivity index (χ2n) is 1.13. The fraction of sp³-hybridized carbons (Fsp3) is 0.400. The fourth-order valence-corrected chi connectivity index (χ4v) is 0.402. The summed E-state index contributed by atoms with van der Waals surface area (Å²) in [7, 11) is 0. The molecule has 0 aromatic carbocycles. The summed E-state index contributed by atoms with van der Waals surface area (Å²) in [5.41, 5.74) is 0. The summed E-state index contributed by atoms with van der Waals surface area (Å²) >= 11 is 4.60. The standard InChI is InChI=1S/C5H8O2S/c1-2-7-5(8)3-4-6/h2,6H,1,3-4H2. The zero-order valence-corrected chi connectivity index (χ0v) is 5.28. The first-order chi connectivity index (χ1) is 3.81. The molecule has 3 heteroatoms. The maximum atomic E-state index is 8.26. The number of thiocarbonyl (C=S) groups is 1. The highest BCUT2D eigenvalue weighted by Gasteiger charge is 1.89. The molecule has 0 saturated heterocycles. The lowest BCUT2D eigenvalue weighted by atomic mass is 10.5. The van der Waals surface area contributed by atoms with Gasteiger partial charge in [0.2, 0.25) is 0 Å². The van der Waals surface area contributed by atoms with Crippen molar-refractivity contribution in [2.45, 2.75) is 6.42 Å². The third-order valence-corrected chi connectivity index (χ3v) is 0.831. The molecule has 0 unspecified atom stereocenters.